The Morgan fingerprint density at radius 3 is 2.55 bits per heavy atom. The molecule has 0 aliphatic carbocycles. The molecule has 2 heterocycles. The number of sulfonamides is 1. The van der Waals surface area contributed by atoms with Crippen LogP contribution in [0, 0.1) is 0 Å². The molecule has 1 aliphatic heterocycles. The number of nitrogens with zero attached hydrogens (tertiary/aromatic N) is 2. The van der Waals surface area contributed by atoms with E-state index in [1.807, 2.05) is 6.07 Å². The van der Waals surface area contributed by atoms with Gasteiger partial charge in [-0.05, 0) is 42.5 Å². The van der Waals surface area contributed by atoms with Gasteiger partial charge in [-0.1, -0.05) is 23.7 Å². The summed E-state index contributed by atoms with van der Waals surface area (Å²) in [5.41, 5.74) is 7.38. The van der Waals surface area contributed by atoms with Crippen LogP contribution in [0.2, 0.25) is 5.02 Å². The van der Waals surface area contributed by atoms with Gasteiger partial charge in [0.15, 0.2) is 0 Å². The maximum Gasteiger partial charge on any atom is 0.416 e. The van der Waals surface area contributed by atoms with Crippen LogP contribution in [0.25, 0.3) is 11.3 Å². The lowest BCUT2D eigenvalue weighted by Gasteiger charge is -2.12. The number of nitrogens with two attached hydrogens (primary N) is 1. The van der Waals surface area contributed by atoms with Crippen molar-refractivity contribution >= 4 is 33.1 Å². The van der Waals surface area contributed by atoms with Crippen molar-refractivity contribution in [1.82, 2.24) is 4.98 Å². The number of fused-ring (bicyclic) bond motifs is 1. The summed E-state index contributed by atoms with van der Waals surface area (Å²) >= 11 is 6.33. The Balaban J connectivity index is 1.62. The average molecular weight is 467 g/mol. The number of pyridine rings is 1. The molecule has 3 aromatic rings. The maximum absolute atomic E-state index is 12.9. The first kappa shape index (κ1) is 21.1. The van der Waals surface area contributed by atoms with Gasteiger partial charge in [0.05, 0.1) is 33.4 Å². The minimum absolute atomic E-state index is 0.0911. The van der Waals surface area contributed by atoms with Gasteiger partial charge in [-0.25, -0.2) is 13.4 Å². The van der Waals surface area contributed by atoms with E-state index in [0.717, 1.165) is 23.8 Å². The number of hydrogen-bond donors (Lipinski definition) is 2. The molecular weight excluding hydrogens is 453 g/mol. The Labute approximate surface area is 180 Å². The normalized spacial score (nSPS) is 13.6. The maximum atomic E-state index is 12.9. The van der Waals surface area contributed by atoms with Crippen LogP contribution >= 0.6 is 11.6 Å². The highest BCUT2D eigenvalue weighted by Crippen LogP contribution is 2.33. The fourth-order valence-corrected chi connectivity index (χ4v) is 4.44. The van der Waals surface area contributed by atoms with Gasteiger partial charge in [0.2, 0.25) is 0 Å². The SMILES string of the molecule is NC1=NCc2ccc(-c3ccc(NS(=O)(=O)c4cccc(C(F)(F)F)c4)cc3Cl)nc21. The van der Waals surface area contributed by atoms with Crippen molar-refractivity contribution in [1.29, 1.82) is 0 Å². The molecule has 1 aliphatic rings. The second kappa shape index (κ2) is 7.54. The summed E-state index contributed by atoms with van der Waals surface area (Å²) < 4.78 is 66.0. The van der Waals surface area contributed by atoms with Crippen LogP contribution in [-0.2, 0) is 22.7 Å². The van der Waals surface area contributed by atoms with Crippen molar-refractivity contribution in [2.45, 2.75) is 17.6 Å². The van der Waals surface area contributed by atoms with E-state index < -0.39 is 26.7 Å². The molecule has 11 heteroatoms. The van der Waals surface area contributed by atoms with Gasteiger partial charge in [0.1, 0.15) is 11.5 Å². The molecule has 160 valence electrons. The molecule has 0 radical (unpaired) electrons. The van der Waals surface area contributed by atoms with E-state index >= 15 is 0 Å². The monoisotopic (exact) mass is 466 g/mol. The quantitative estimate of drug-likeness (QED) is 0.594. The first-order chi connectivity index (χ1) is 14.5. The Hall–Kier alpha value is -3.11. The van der Waals surface area contributed by atoms with Crippen LogP contribution in [0.4, 0.5) is 18.9 Å². The highest BCUT2D eigenvalue weighted by atomic mass is 35.5. The molecular formula is C20H14ClF3N4O2S. The molecule has 6 nitrogen and oxygen atoms in total. The smallest absolute Gasteiger partial charge is 0.382 e. The van der Waals surface area contributed by atoms with E-state index in [-0.39, 0.29) is 10.7 Å². The van der Waals surface area contributed by atoms with Gasteiger partial charge in [0, 0.05) is 11.1 Å². The zero-order valence-electron chi connectivity index (χ0n) is 15.6. The number of benzene rings is 2. The lowest BCUT2D eigenvalue weighted by molar-refractivity contribution is -0.137. The predicted molar refractivity (Wildman–Crippen MR) is 111 cm³/mol. The Kier molecular flexibility index (Phi) is 5.14. The summed E-state index contributed by atoms with van der Waals surface area (Å²) in [6.07, 6.45) is -4.66. The zero-order chi connectivity index (χ0) is 22.4. The second-order valence-electron chi connectivity index (χ2n) is 6.73. The fourth-order valence-electron chi connectivity index (χ4n) is 3.07. The molecule has 0 fully saturated rings. The summed E-state index contributed by atoms with van der Waals surface area (Å²) in [7, 11) is -4.26. The van der Waals surface area contributed by atoms with E-state index in [0.29, 0.717) is 35.4 Å². The molecule has 0 saturated carbocycles. The van der Waals surface area contributed by atoms with Gasteiger partial charge in [0.25, 0.3) is 10.0 Å². The van der Waals surface area contributed by atoms with Crippen molar-refractivity contribution in [3.8, 4) is 11.3 Å². The van der Waals surface area contributed by atoms with E-state index in [2.05, 4.69) is 14.7 Å². The average Bonchev–Trinajstić information content (AvgIpc) is 3.08. The molecule has 0 atom stereocenters. The highest BCUT2D eigenvalue weighted by molar-refractivity contribution is 7.92. The van der Waals surface area contributed by atoms with Crippen molar-refractivity contribution in [3.05, 3.63) is 76.4 Å². The molecule has 0 amide bonds. The topological polar surface area (TPSA) is 97.4 Å². The molecule has 3 N–H and O–H groups in total. The van der Waals surface area contributed by atoms with Gasteiger partial charge in [-0.2, -0.15) is 13.2 Å². The summed E-state index contributed by atoms with van der Waals surface area (Å²) in [6.45, 7) is 0.457. The van der Waals surface area contributed by atoms with Crippen LogP contribution in [-0.4, -0.2) is 19.2 Å². The van der Waals surface area contributed by atoms with E-state index in [9.17, 15) is 21.6 Å². The number of anilines is 1. The summed E-state index contributed by atoms with van der Waals surface area (Å²) in [4.78, 5) is 8.07. The summed E-state index contributed by atoms with van der Waals surface area (Å²) in [5.74, 6) is 0.332. The van der Waals surface area contributed by atoms with E-state index in [1.54, 1.807) is 12.1 Å². The van der Waals surface area contributed by atoms with Crippen molar-refractivity contribution in [2.24, 2.45) is 10.7 Å². The number of alkyl halides is 3. The fraction of sp³-hybridized carbons (Fsp3) is 0.100. The van der Waals surface area contributed by atoms with Gasteiger partial charge < -0.3 is 5.73 Å². The van der Waals surface area contributed by atoms with Gasteiger partial charge in [-0.15, -0.1) is 0 Å². The van der Waals surface area contributed by atoms with Crippen LogP contribution < -0.4 is 10.5 Å². The van der Waals surface area contributed by atoms with Crippen molar-refractivity contribution < 1.29 is 21.6 Å². The molecule has 2 aromatic carbocycles. The largest absolute Gasteiger partial charge is 0.416 e. The molecule has 4 rings (SSSR count). The molecule has 0 unspecified atom stereocenters. The van der Waals surface area contributed by atoms with Crippen LogP contribution in [0.3, 0.4) is 0 Å². The predicted octanol–water partition coefficient (Wildman–Crippen LogP) is 4.44. The number of nitrogens with one attached hydrogen (secondary N) is 1. The number of amidine groups is 1. The Morgan fingerprint density at radius 2 is 1.84 bits per heavy atom. The second-order valence-corrected chi connectivity index (χ2v) is 8.82. The Bertz CT molecular complexity index is 1320. The first-order valence-corrected chi connectivity index (χ1v) is 10.7. The van der Waals surface area contributed by atoms with Crippen molar-refractivity contribution in [2.75, 3.05) is 4.72 Å². The number of rotatable bonds is 4. The van der Waals surface area contributed by atoms with Crippen LogP contribution in [0.15, 0.2) is 64.5 Å². The number of aliphatic imine (C=N–C) groups is 1. The third-order valence-electron chi connectivity index (χ3n) is 4.61. The third kappa shape index (κ3) is 4.21. The van der Waals surface area contributed by atoms with Crippen LogP contribution in [0.1, 0.15) is 16.8 Å². The number of halogens is 4. The van der Waals surface area contributed by atoms with Crippen LogP contribution in [0.5, 0.6) is 0 Å². The summed E-state index contributed by atoms with van der Waals surface area (Å²) in [5, 5.41) is 0.199. The minimum atomic E-state index is -4.66. The number of aromatic nitrogens is 1. The Morgan fingerprint density at radius 1 is 1.06 bits per heavy atom. The minimum Gasteiger partial charge on any atom is -0.382 e. The molecule has 0 bridgehead atoms. The van der Waals surface area contributed by atoms with Crippen molar-refractivity contribution in [3.63, 3.8) is 0 Å². The molecule has 31 heavy (non-hydrogen) atoms. The first-order valence-electron chi connectivity index (χ1n) is 8.85. The molecule has 0 saturated heterocycles. The molecule has 1 aromatic heterocycles. The lowest BCUT2D eigenvalue weighted by Crippen LogP contribution is -2.14. The summed E-state index contributed by atoms with van der Waals surface area (Å²) in [6, 6.07) is 11.4. The van der Waals surface area contributed by atoms with E-state index in [4.69, 9.17) is 17.3 Å². The van der Waals surface area contributed by atoms with E-state index in [1.165, 1.54) is 12.1 Å². The lowest BCUT2D eigenvalue weighted by atomic mass is 10.1. The van der Waals surface area contributed by atoms with Gasteiger partial charge >= 0.3 is 6.18 Å². The zero-order valence-corrected chi connectivity index (χ0v) is 17.2. The third-order valence-corrected chi connectivity index (χ3v) is 6.30. The number of hydrogen-bond acceptors (Lipinski definition) is 5. The molecule has 0 spiro atoms. The highest BCUT2D eigenvalue weighted by Gasteiger charge is 2.31. The standard InChI is InChI=1S/C20H14ClF3N4O2S/c21-16-9-13(28-31(29,30)14-3-1-2-12(8-14)20(22,23)24)5-6-15(16)17-7-4-11-10-26-19(25)18(11)27-17/h1-9,28H,10H2,(H2,25,26). The van der Waals surface area contributed by atoms with Gasteiger partial charge in [-0.3, -0.25) is 9.71 Å².